The average Bonchev–Trinajstić information content (AvgIpc) is 2.86. The Labute approximate surface area is 197 Å². The van der Waals surface area contributed by atoms with Gasteiger partial charge < -0.3 is 29.0 Å². The molecule has 3 rings (SSSR count). The van der Waals surface area contributed by atoms with Crippen molar-refractivity contribution in [2.45, 2.75) is 13.0 Å². The van der Waals surface area contributed by atoms with E-state index in [2.05, 4.69) is 0 Å². The highest BCUT2D eigenvalue weighted by Crippen LogP contribution is 2.40. The van der Waals surface area contributed by atoms with Gasteiger partial charge in [-0.25, -0.2) is 0 Å². The molecule has 0 aliphatic carbocycles. The van der Waals surface area contributed by atoms with E-state index in [9.17, 15) is 20.0 Å². The summed E-state index contributed by atoms with van der Waals surface area (Å²) in [6.45, 7) is 2.28. The summed E-state index contributed by atoms with van der Waals surface area (Å²) < 4.78 is 22.4. The van der Waals surface area contributed by atoms with Crippen molar-refractivity contribution in [1.82, 2.24) is 4.90 Å². The number of aromatic hydroxyl groups is 1. The first-order valence-corrected chi connectivity index (χ1v) is 10.6. The predicted octanol–water partition coefficient (Wildman–Crippen LogP) is 2.83. The molecular formula is C25H26N2O7. The van der Waals surface area contributed by atoms with Crippen molar-refractivity contribution in [3.05, 3.63) is 53.1 Å². The van der Waals surface area contributed by atoms with Crippen molar-refractivity contribution in [3.8, 4) is 29.1 Å². The molecular weight excluding hydrogens is 440 g/mol. The van der Waals surface area contributed by atoms with Crippen LogP contribution in [-0.2, 0) is 9.53 Å². The van der Waals surface area contributed by atoms with E-state index in [1.807, 2.05) is 6.07 Å². The van der Waals surface area contributed by atoms with Crippen LogP contribution in [0.1, 0.15) is 22.8 Å². The summed E-state index contributed by atoms with van der Waals surface area (Å²) in [4.78, 5) is 26.6. The van der Waals surface area contributed by atoms with Crippen molar-refractivity contribution in [1.29, 1.82) is 5.26 Å². The Balaban J connectivity index is 1.73. The number of methoxy groups -OCH3 is 2. The van der Waals surface area contributed by atoms with Gasteiger partial charge in [0.1, 0.15) is 30.1 Å². The van der Waals surface area contributed by atoms with E-state index in [0.29, 0.717) is 29.2 Å². The monoisotopic (exact) mass is 466 g/mol. The van der Waals surface area contributed by atoms with Crippen LogP contribution < -0.4 is 14.2 Å². The maximum absolute atomic E-state index is 13.0. The minimum Gasteiger partial charge on any atom is -0.508 e. The molecule has 0 aromatic heterocycles. The van der Waals surface area contributed by atoms with Gasteiger partial charge in [0.05, 0.1) is 32.9 Å². The van der Waals surface area contributed by atoms with E-state index in [1.54, 1.807) is 24.3 Å². The van der Waals surface area contributed by atoms with Gasteiger partial charge in [-0.1, -0.05) is 12.1 Å². The smallest absolute Gasteiger partial charge is 0.264 e. The van der Waals surface area contributed by atoms with Crippen molar-refractivity contribution >= 4 is 17.8 Å². The molecule has 1 heterocycles. The van der Waals surface area contributed by atoms with Crippen LogP contribution in [0.15, 0.2) is 42.0 Å². The van der Waals surface area contributed by atoms with Crippen LogP contribution >= 0.6 is 0 Å². The summed E-state index contributed by atoms with van der Waals surface area (Å²) >= 11 is 0. The summed E-state index contributed by atoms with van der Waals surface area (Å²) in [5.74, 6) is 0.428. The highest BCUT2D eigenvalue weighted by atomic mass is 16.6. The molecule has 1 saturated heterocycles. The molecule has 0 radical (unpaired) electrons. The second-order valence-electron chi connectivity index (χ2n) is 7.55. The second-order valence-corrected chi connectivity index (χ2v) is 7.55. The van der Waals surface area contributed by atoms with E-state index in [-0.39, 0.29) is 42.6 Å². The molecule has 1 aliphatic rings. The number of ether oxygens (including phenoxy) is 4. The number of phenols is 1. The number of hydrogen-bond acceptors (Lipinski definition) is 8. The summed E-state index contributed by atoms with van der Waals surface area (Å²) in [6.07, 6.45) is 0.991. The van der Waals surface area contributed by atoms with Crippen molar-refractivity contribution in [2.75, 3.05) is 40.5 Å². The molecule has 1 atom stereocenters. The molecule has 9 nitrogen and oxygen atoms in total. The fourth-order valence-electron chi connectivity index (χ4n) is 3.55. The Bertz CT molecular complexity index is 1120. The summed E-state index contributed by atoms with van der Waals surface area (Å²) in [6, 6.07) is 11.4. The second kappa shape index (κ2) is 11.2. The van der Waals surface area contributed by atoms with Gasteiger partial charge in [-0.2, -0.15) is 5.26 Å². The van der Waals surface area contributed by atoms with Crippen LogP contribution in [0, 0.1) is 11.3 Å². The Morgan fingerprint density at radius 3 is 2.53 bits per heavy atom. The Morgan fingerprint density at radius 1 is 1.18 bits per heavy atom. The minimum absolute atomic E-state index is 0.0272. The van der Waals surface area contributed by atoms with Crippen LogP contribution in [0.2, 0.25) is 0 Å². The number of nitrogens with zero attached hydrogens (tertiary/aromatic N) is 2. The largest absolute Gasteiger partial charge is 0.508 e. The lowest BCUT2D eigenvalue weighted by molar-refractivity contribution is -0.135. The third kappa shape index (κ3) is 5.66. The fraction of sp³-hybridized carbons (Fsp3) is 0.320. The van der Waals surface area contributed by atoms with Crippen molar-refractivity contribution < 1.29 is 33.6 Å². The Morgan fingerprint density at radius 2 is 1.91 bits per heavy atom. The third-order valence-electron chi connectivity index (χ3n) is 5.27. The van der Waals surface area contributed by atoms with E-state index < -0.39 is 12.0 Å². The number of morpholine rings is 1. The molecule has 1 aliphatic heterocycles. The van der Waals surface area contributed by atoms with Gasteiger partial charge in [-0.15, -0.1) is 0 Å². The highest BCUT2D eigenvalue weighted by molar-refractivity contribution is 6.01. The number of rotatable bonds is 8. The van der Waals surface area contributed by atoms with Gasteiger partial charge in [-0.05, 0) is 42.8 Å². The van der Waals surface area contributed by atoms with Crippen LogP contribution in [0.25, 0.3) is 6.08 Å². The standard InChI is InChI=1S/C25H26N2O7/c1-16(28)21-8-9-22(31-2)24(32-3)23(21)34-15-20-14-27(10-11-33-20)25(30)18(13-26)12-17-4-6-19(29)7-5-17/h4-9,12,20,29H,10-11,14-15H2,1-3H3. The highest BCUT2D eigenvalue weighted by Gasteiger charge is 2.28. The van der Waals surface area contributed by atoms with Gasteiger partial charge in [-0.3, -0.25) is 9.59 Å². The van der Waals surface area contributed by atoms with Crippen molar-refractivity contribution in [3.63, 3.8) is 0 Å². The molecule has 1 N–H and O–H groups in total. The molecule has 1 unspecified atom stereocenters. The number of benzene rings is 2. The minimum atomic E-state index is -0.484. The van der Waals surface area contributed by atoms with Crippen LogP contribution in [0.4, 0.5) is 0 Å². The van der Waals surface area contributed by atoms with Gasteiger partial charge in [0.15, 0.2) is 17.3 Å². The zero-order chi connectivity index (χ0) is 24.7. The SMILES string of the molecule is COc1ccc(C(C)=O)c(OCC2CN(C(=O)C(C#N)=Cc3ccc(O)cc3)CCO2)c1OC. The van der Waals surface area contributed by atoms with Gasteiger partial charge in [0.25, 0.3) is 5.91 Å². The first-order valence-electron chi connectivity index (χ1n) is 10.6. The van der Waals surface area contributed by atoms with E-state index in [1.165, 1.54) is 44.3 Å². The van der Waals surface area contributed by atoms with Gasteiger partial charge >= 0.3 is 0 Å². The third-order valence-corrected chi connectivity index (χ3v) is 5.27. The number of hydrogen-bond donors (Lipinski definition) is 1. The van der Waals surface area contributed by atoms with E-state index >= 15 is 0 Å². The number of carbonyl (C=O) groups excluding carboxylic acids is 2. The maximum Gasteiger partial charge on any atom is 0.264 e. The summed E-state index contributed by atoms with van der Waals surface area (Å²) in [5.41, 5.74) is 0.934. The van der Waals surface area contributed by atoms with Crippen LogP contribution in [-0.4, -0.2) is 68.3 Å². The number of ketones is 1. The molecule has 0 bridgehead atoms. The lowest BCUT2D eigenvalue weighted by Gasteiger charge is -2.33. The lowest BCUT2D eigenvalue weighted by Crippen LogP contribution is -2.48. The van der Waals surface area contributed by atoms with E-state index in [4.69, 9.17) is 18.9 Å². The number of Topliss-reactive ketones (excluding diaryl/α,β-unsaturated/α-hetero) is 1. The van der Waals surface area contributed by atoms with Crippen LogP contribution in [0.5, 0.6) is 23.0 Å². The molecule has 2 aromatic rings. The molecule has 2 aromatic carbocycles. The summed E-state index contributed by atoms with van der Waals surface area (Å²) in [5, 5.41) is 18.9. The quantitative estimate of drug-likeness (QED) is 0.358. The molecule has 1 fully saturated rings. The molecule has 178 valence electrons. The number of nitriles is 1. The molecule has 0 saturated carbocycles. The molecule has 1 amide bonds. The normalized spacial score (nSPS) is 15.9. The Kier molecular flexibility index (Phi) is 8.11. The number of carbonyl (C=O) groups is 2. The average molecular weight is 466 g/mol. The number of phenolic OH excluding ortho intramolecular Hbond substituents is 1. The molecule has 0 spiro atoms. The summed E-state index contributed by atoms with van der Waals surface area (Å²) in [7, 11) is 2.94. The molecule has 9 heteroatoms. The first-order chi connectivity index (χ1) is 16.4. The lowest BCUT2D eigenvalue weighted by atomic mass is 10.1. The van der Waals surface area contributed by atoms with E-state index in [0.717, 1.165) is 0 Å². The predicted molar refractivity (Wildman–Crippen MR) is 123 cm³/mol. The van der Waals surface area contributed by atoms with Gasteiger partial charge in [0.2, 0.25) is 5.75 Å². The zero-order valence-electron chi connectivity index (χ0n) is 19.2. The Hall–Kier alpha value is -4.03. The first kappa shape index (κ1) is 24.6. The zero-order valence-corrected chi connectivity index (χ0v) is 19.2. The topological polar surface area (TPSA) is 118 Å². The number of amides is 1. The van der Waals surface area contributed by atoms with Crippen molar-refractivity contribution in [2.24, 2.45) is 0 Å². The van der Waals surface area contributed by atoms with Crippen LogP contribution in [0.3, 0.4) is 0 Å². The fourth-order valence-corrected chi connectivity index (χ4v) is 3.55. The maximum atomic E-state index is 13.0. The molecule has 34 heavy (non-hydrogen) atoms. The van der Waals surface area contributed by atoms with Gasteiger partial charge in [0, 0.05) is 6.54 Å².